The minimum absolute atomic E-state index is 0.214. The lowest BCUT2D eigenvalue weighted by molar-refractivity contribution is -0.118. The summed E-state index contributed by atoms with van der Waals surface area (Å²) in [6.07, 6.45) is 1.50. The first-order chi connectivity index (χ1) is 3.70. The summed E-state index contributed by atoms with van der Waals surface area (Å²) in [6.45, 7) is 3.69. The van der Waals surface area contributed by atoms with Crippen LogP contribution in [0.1, 0.15) is 12.8 Å². The van der Waals surface area contributed by atoms with Gasteiger partial charge >= 0.3 is 0 Å². The second-order valence-corrected chi connectivity index (χ2v) is 2.23. The maximum absolute atomic E-state index is 10.2. The van der Waals surface area contributed by atoms with Crippen LogP contribution in [0.25, 0.3) is 0 Å². The predicted octanol–water partition coefficient (Wildman–Crippen LogP) is 0.438. The lowest BCUT2D eigenvalue weighted by Gasteiger charge is -1.84. The maximum atomic E-state index is 10.2. The fourth-order valence-corrected chi connectivity index (χ4v) is 0.717. The normalized spacial score (nSPS) is 25.5. The van der Waals surface area contributed by atoms with Crippen molar-refractivity contribution in [3.05, 3.63) is 12.2 Å². The van der Waals surface area contributed by atoms with Crippen LogP contribution in [0.4, 0.5) is 0 Å². The molecule has 0 radical (unpaired) electrons. The molecular formula is C6H9NO. The first kappa shape index (κ1) is 5.35. The van der Waals surface area contributed by atoms with Crippen LogP contribution in [-0.4, -0.2) is 5.91 Å². The van der Waals surface area contributed by atoms with Gasteiger partial charge in [0.2, 0.25) is 5.91 Å². The van der Waals surface area contributed by atoms with Gasteiger partial charge < -0.3 is 5.73 Å². The van der Waals surface area contributed by atoms with Gasteiger partial charge in [-0.1, -0.05) is 12.2 Å². The van der Waals surface area contributed by atoms with Crippen molar-refractivity contribution in [2.75, 3.05) is 0 Å². The van der Waals surface area contributed by atoms with Gasteiger partial charge in [-0.2, -0.15) is 0 Å². The van der Waals surface area contributed by atoms with E-state index in [0.717, 1.165) is 6.42 Å². The molecule has 0 saturated heterocycles. The van der Waals surface area contributed by atoms with Gasteiger partial charge in [-0.05, 0) is 12.3 Å². The molecule has 0 aromatic heterocycles. The number of nitrogens with two attached hydrogens (primary N) is 1. The molecule has 1 amide bonds. The zero-order valence-electron chi connectivity index (χ0n) is 4.68. The van der Waals surface area contributed by atoms with E-state index in [1.165, 1.54) is 5.57 Å². The van der Waals surface area contributed by atoms with E-state index < -0.39 is 0 Å². The van der Waals surface area contributed by atoms with E-state index in [2.05, 4.69) is 6.58 Å². The first-order valence-electron chi connectivity index (χ1n) is 2.66. The van der Waals surface area contributed by atoms with Crippen LogP contribution in [-0.2, 0) is 4.79 Å². The summed E-state index contributed by atoms with van der Waals surface area (Å²) in [5.74, 6) is 0.209. The van der Waals surface area contributed by atoms with Crippen molar-refractivity contribution >= 4 is 5.91 Å². The summed E-state index contributed by atoms with van der Waals surface area (Å²) < 4.78 is 0. The number of hydrogen-bond donors (Lipinski definition) is 1. The molecule has 2 nitrogen and oxygen atoms in total. The van der Waals surface area contributed by atoms with Crippen molar-refractivity contribution in [2.45, 2.75) is 12.8 Å². The van der Waals surface area contributed by atoms with E-state index in [-0.39, 0.29) is 5.91 Å². The molecule has 0 spiro atoms. The average molecular weight is 111 g/mol. The van der Waals surface area contributed by atoms with Crippen molar-refractivity contribution < 1.29 is 4.79 Å². The number of amides is 1. The highest BCUT2D eigenvalue weighted by molar-refractivity contribution is 5.75. The summed E-state index contributed by atoms with van der Waals surface area (Å²) >= 11 is 0. The standard InChI is InChI=1S/C6H9NO/c1-4-2-5(4)3-6(7)8/h5H,1-3H2,(H2,7,8). The van der Waals surface area contributed by atoms with Gasteiger partial charge in [0.05, 0.1) is 0 Å². The fraction of sp³-hybridized carbons (Fsp3) is 0.500. The molecule has 0 aromatic carbocycles. The smallest absolute Gasteiger partial charge is 0.218 e. The third-order valence-corrected chi connectivity index (χ3v) is 1.37. The fourth-order valence-electron chi connectivity index (χ4n) is 0.717. The summed E-state index contributed by atoms with van der Waals surface area (Å²) in [5.41, 5.74) is 6.09. The second kappa shape index (κ2) is 1.62. The van der Waals surface area contributed by atoms with Gasteiger partial charge in [-0.15, -0.1) is 0 Å². The zero-order valence-corrected chi connectivity index (χ0v) is 4.68. The van der Waals surface area contributed by atoms with Crippen LogP contribution >= 0.6 is 0 Å². The number of hydrogen-bond acceptors (Lipinski definition) is 1. The molecule has 8 heavy (non-hydrogen) atoms. The van der Waals surface area contributed by atoms with Crippen molar-refractivity contribution in [3.63, 3.8) is 0 Å². The van der Waals surface area contributed by atoms with Crippen molar-refractivity contribution in [3.8, 4) is 0 Å². The number of primary amides is 1. The van der Waals surface area contributed by atoms with E-state index in [1.54, 1.807) is 0 Å². The lowest BCUT2D eigenvalue weighted by Crippen LogP contribution is -2.10. The van der Waals surface area contributed by atoms with Crippen LogP contribution in [0.15, 0.2) is 12.2 Å². The Labute approximate surface area is 48.4 Å². The maximum Gasteiger partial charge on any atom is 0.218 e. The molecule has 0 aromatic rings. The SMILES string of the molecule is C=C1CC1CC(N)=O. The summed E-state index contributed by atoms with van der Waals surface area (Å²) in [4.78, 5) is 10.2. The van der Waals surface area contributed by atoms with Gasteiger partial charge in [0.25, 0.3) is 0 Å². The molecule has 0 heterocycles. The van der Waals surface area contributed by atoms with Crippen LogP contribution in [0.5, 0.6) is 0 Å². The Hall–Kier alpha value is -0.790. The molecule has 1 aliphatic carbocycles. The highest BCUT2D eigenvalue weighted by atomic mass is 16.1. The molecule has 1 aliphatic rings. The molecule has 1 unspecified atom stereocenters. The largest absolute Gasteiger partial charge is 0.370 e. The lowest BCUT2D eigenvalue weighted by atomic mass is 10.3. The molecule has 0 bridgehead atoms. The van der Waals surface area contributed by atoms with Gasteiger partial charge in [0, 0.05) is 6.42 Å². The van der Waals surface area contributed by atoms with E-state index in [1.807, 2.05) is 0 Å². The summed E-state index contributed by atoms with van der Waals surface area (Å²) in [6, 6.07) is 0. The highest BCUT2D eigenvalue weighted by Crippen LogP contribution is 2.38. The molecule has 0 aliphatic heterocycles. The van der Waals surface area contributed by atoms with Crippen LogP contribution in [0.3, 0.4) is 0 Å². The number of carbonyl (C=O) groups excluding carboxylic acids is 1. The van der Waals surface area contributed by atoms with E-state index in [9.17, 15) is 4.79 Å². The van der Waals surface area contributed by atoms with E-state index in [4.69, 9.17) is 5.73 Å². The first-order valence-corrected chi connectivity index (χ1v) is 2.66. The molecular weight excluding hydrogens is 102 g/mol. The van der Waals surface area contributed by atoms with Gasteiger partial charge in [-0.3, -0.25) is 4.79 Å². The Morgan fingerprint density at radius 1 is 2.00 bits per heavy atom. The Kier molecular flexibility index (Phi) is 1.08. The van der Waals surface area contributed by atoms with Gasteiger partial charge in [-0.25, -0.2) is 0 Å². The highest BCUT2D eigenvalue weighted by Gasteiger charge is 2.28. The Morgan fingerprint density at radius 3 is 2.62 bits per heavy atom. The van der Waals surface area contributed by atoms with Crippen LogP contribution in [0.2, 0.25) is 0 Å². The Balaban J connectivity index is 2.23. The number of allylic oxidation sites excluding steroid dienone is 1. The molecule has 1 atom stereocenters. The summed E-state index contributed by atoms with van der Waals surface area (Å²) in [7, 11) is 0. The van der Waals surface area contributed by atoms with Crippen molar-refractivity contribution in [2.24, 2.45) is 11.7 Å². The number of rotatable bonds is 2. The monoisotopic (exact) mass is 111 g/mol. The van der Waals surface area contributed by atoms with E-state index in [0.29, 0.717) is 12.3 Å². The minimum Gasteiger partial charge on any atom is -0.370 e. The molecule has 2 N–H and O–H groups in total. The summed E-state index contributed by atoms with van der Waals surface area (Å²) in [5, 5.41) is 0. The average Bonchev–Trinajstić information content (AvgIpc) is 2.17. The van der Waals surface area contributed by atoms with Crippen molar-refractivity contribution in [1.29, 1.82) is 0 Å². The van der Waals surface area contributed by atoms with Crippen molar-refractivity contribution in [1.82, 2.24) is 0 Å². The van der Waals surface area contributed by atoms with Gasteiger partial charge in [0.1, 0.15) is 0 Å². The third-order valence-electron chi connectivity index (χ3n) is 1.37. The quantitative estimate of drug-likeness (QED) is 0.516. The predicted molar refractivity (Wildman–Crippen MR) is 31.1 cm³/mol. The van der Waals surface area contributed by atoms with Crippen LogP contribution < -0.4 is 5.73 Å². The Bertz CT molecular complexity index is 139. The second-order valence-electron chi connectivity index (χ2n) is 2.23. The molecule has 2 heteroatoms. The molecule has 1 fully saturated rings. The minimum atomic E-state index is -0.214. The molecule has 44 valence electrons. The molecule has 1 rings (SSSR count). The van der Waals surface area contributed by atoms with E-state index >= 15 is 0 Å². The number of carbonyl (C=O) groups is 1. The third kappa shape index (κ3) is 1.09. The van der Waals surface area contributed by atoms with Crippen LogP contribution in [0, 0.1) is 5.92 Å². The zero-order chi connectivity index (χ0) is 6.15. The van der Waals surface area contributed by atoms with Gasteiger partial charge in [0.15, 0.2) is 0 Å². The molecule has 1 saturated carbocycles. The Morgan fingerprint density at radius 2 is 2.50 bits per heavy atom. The topological polar surface area (TPSA) is 43.1 Å².